The van der Waals surface area contributed by atoms with Gasteiger partial charge in [-0.05, 0) is 130 Å². The van der Waals surface area contributed by atoms with Crippen molar-refractivity contribution in [3.05, 3.63) is 362 Å². The Labute approximate surface area is 595 Å². The van der Waals surface area contributed by atoms with Crippen molar-refractivity contribution < 1.29 is 0 Å². The highest BCUT2D eigenvalue weighted by molar-refractivity contribution is 7.05. The topological polar surface area (TPSA) is 69.4 Å². The lowest BCUT2D eigenvalue weighted by molar-refractivity contribution is 0.769. The zero-order valence-corrected chi connectivity index (χ0v) is 59.0. The quantitative estimate of drug-likeness (QED) is 0.135. The second-order valence-electron chi connectivity index (χ2n) is 28.2. The van der Waals surface area contributed by atoms with E-state index in [4.69, 9.17) is 24.9 Å². The first-order valence-electron chi connectivity index (χ1n) is 35.2. The van der Waals surface area contributed by atoms with Gasteiger partial charge in [0.2, 0.25) is 0 Å². The highest BCUT2D eigenvalue weighted by Gasteiger charge is 2.46. The molecule has 0 saturated carbocycles. The molecule has 0 fully saturated rings. The number of hydrogen-bond acceptors (Lipinski definition) is 5. The van der Waals surface area contributed by atoms with Gasteiger partial charge < -0.3 is 0 Å². The van der Waals surface area contributed by atoms with Crippen molar-refractivity contribution >= 4 is 69.7 Å². The summed E-state index contributed by atoms with van der Waals surface area (Å²) in [7, 11) is -4.08. The molecule has 0 unspecified atom stereocenters. The summed E-state index contributed by atoms with van der Waals surface area (Å²) in [5.41, 5.74) is 27.3. The summed E-state index contributed by atoms with van der Waals surface area (Å²) in [5, 5.41) is 7.97. The Bertz CT molecular complexity index is 6160. The number of fused-ring (bicyclic) bond motifs is 14. The minimum Gasteiger partial charge on any atom is -0.292 e. The molecule has 5 heterocycles. The first-order chi connectivity index (χ1) is 50.1. The molecule has 6 nitrogen and oxygen atoms in total. The molecule has 0 bridgehead atoms. The Morgan fingerprint density at radius 1 is 0.284 bits per heavy atom. The van der Waals surface area contributed by atoms with Crippen LogP contribution in [0.3, 0.4) is 0 Å². The Morgan fingerprint density at radius 2 is 0.686 bits per heavy atom. The van der Waals surface area contributed by atoms with Crippen molar-refractivity contribution in [3.8, 4) is 107 Å². The van der Waals surface area contributed by atoms with E-state index >= 15 is 0 Å². The molecule has 0 radical (unpaired) electrons. The van der Waals surface area contributed by atoms with Gasteiger partial charge in [-0.1, -0.05) is 323 Å². The minimum absolute atomic E-state index is 0.456. The Morgan fingerprint density at radius 3 is 1.24 bits per heavy atom. The molecule has 14 aromatic carbocycles. The molecule has 1 aliphatic carbocycles. The molecule has 0 N–H and O–H groups in total. The van der Waals surface area contributed by atoms with Crippen molar-refractivity contribution in [1.29, 1.82) is 0 Å². The van der Waals surface area contributed by atoms with Gasteiger partial charge in [0, 0.05) is 44.3 Å². The maximum Gasteiger partial charge on any atom is 0.160 e. The summed E-state index contributed by atoms with van der Waals surface area (Å²) in [6.45, 7) is 9.85. The van der Waals surface area contributed by atoms with Crippen LogP contribution in [0, 0.1) is 0 Å². The lowest BCUT2D eigenvalue weighted by Crippen LogP contribution is -2.49. The Hall–Kier alpha value is -12.3. The molecule has 3 aromatic heterocycles. The SMILES string of the molecule is C[Si]1(C)c2ccccc2-c2ccc3c(-c4ccccc4)nc(-c4cccc(-c5cccc(C6(c7ccccc7)c7ccccc7-c7ccccc76)c5)c4)nc3c21.C[Si]1(C)c2ccccc2-c2ccc3c(-c4ccccc4)nc(-c4cccc(-c5nc6ccccc6n5-c5ccccc5)c4)nc3c21. The number of para-hydroxylation sites is 3. The van der Waals surface area contributed by atoms with Crippen LogP contribution in [0.2, 0.25) is 26.2 Å². The van der Waals surface area contributed by atoms with Gasteiger partial charge >= 0.3 is 0 Å². The van der Waals surface area contributed by atoms with Crippen LogP contribution in [0.15, 0.2) is 340 Å². The van der Waals surface area contributed by atoms with Crippen LogP contribution in [0.4, 0.5) is 0 Å². The van der Waals surface area contributed by atoms with Gasteiger partial charge in [-0.15, -0.1) is 0 Å². The zero-order valence-electron chi connectivity index (χ0n) is 57.0. The Kier molecular flexibility index (Phi) is 14.3. The third-order valence-electron chi connectivity index (χ3n) is 21.7. The number of benzene rings is 14. The molecule has 8 heteroatoms. The van der Waals surface area contributed by atoms with E-state index in [-0.39, 0.29) is 0 Å². The van der Waals surface area contributed by atoms with E-state index in [0.29, 0.717) is 0 Å². The summed E-state index contributed by atoms with van der Waals surface area (Å²) >= 11 is 0. The van der Waals surface area contributed by atoms with Crippen molar-refractivity contribution in [3.63, 3.8) is 0 Å². The molecular formula is C94H68N6Si2. The maximum absolute atomic E-state index is 5.52. The molecule has 0 amide bonds. The van der Waals surface area contributed by atoms with E-state index in [9.17, 15) is 0 Å². The van der Waals surface area contributed by atoms with E-state index in [1.54, 1.807) is 0 Å². The first kappa shape index (κ1) is 60.8. The normalized spacial score (nSPS) is 13.7. The standard InChI is InChI=1S/C53H38N2Si.C41H30N4Si/c1-56(2)48-30-14-11-27-43(48)44-31-32-45-49(35-17-5-3-6-18-35)54-52(55-50(45)51(44)56)38-21-15-19-36(33-38)37-20-16-24-40(34-37)53(39-22-7-4-8-23-39)46-28-12-9-25-41(46)42-26-10-13-29-47(42)53;1-46(2)36-23-12-9-20-31(36)32-24-25-33-37(27-14-5-3-6-15-27)43-40(44-38(33)39(32)46)28-16-13-17-29(26-28)41-42-34-21-10-11-22-35(34)45(41)30-18-7-4-8-19-30/h3-34H,1-2H3;3-26H,1-2H3. The second kappa shape index (κ2) is 24.0. The van der Waals surface area contributed by atoms with Crippen molar-refractivity contribution in [2.24, 2.45) is 0 Å². The minimum atomic E-state index is -2.05. The average molecular weight is 1340 g/mol. The zero-order chi connectivity index (χ0) is 68.3. The molecule has 20 rings (SSSR count). The third-order valence-corrected chi connectivity index (χ3v) is 28.8. The fraction of sp³-hybridized carbons (Fsp3) is 0.0532. The predicted molar refractivity (Wildman–Crippen MR) is 428 cm³/mol. The first-order valence-corrected chi connectivity index (χ1v) is 41.2. The van der Waals surface area contributed by atoms with E-state index in [2.05, 4.69) is 358 Å². The number of imidazole rings is 1. The third kappa shape index (κ3) is 9.54. The molecule has 0 saturated heterocycles. The Balaban J connectivity index is 0.000000144. The number of hydrogen-bond donors (Lipinski definition) is 0. The lowest BCUT2D eigenvalue weighted by Gasteiger charge is -2.34. The summed E-state index contributed by atoms with van der Waals surface area (Å²) in [6, 6.07) is 122. The smallest absolute Gasteiger partial charge is 0.160 e. The highest BCUT2D eigenvalue weighted by atomic mass is 28.3. The predicted octanol–water partition coefficient (Wildman–Crippen LogP) is 20.6. The van der Waals surface area contributed by atoms with Crippen LogP contribution in [0.25, 0.3) is 140 Å². The fourth-order valence-electron chi connectivity index (χ4n) is 17.1. The van der Waals surface area contributed by atoms with E-state index in [1.165, 1.54) is 76.4 Å². The number of nitrogens with zero attached hydrogens (tertiary/aromatic N) is 6. The molecular weight excluding hydrogens is 1270 g/mol. The molecule has 102 heavy (non-hydrogen) atoms. The summed E-state index contributed by atoms with van der Waals surface area (Å²) < 4.78 is 2.24. The van der Waals surface area contributed by atoms with Crippen molar-refractivity contribution in [2.45, 2.75) is 31.6 Å². The van der Waals surface area contributed by atoms with Gasteiger partial charge in [0.25, 0.3) is 0 Å². The van der Waals surface area contributed by atoms with Crippen LogP contribution < -0.4 is 20.7 Å². The van der Waals surface area contributed by atoms with Crippen LogP contribution in [0.1, 0.15) is 22.3 Å². The lowest BCUT2D eigenvalue weighted by atomic mass is 9.67. The van der Waals surface area contributed by atoms with Gasteiger partial charge in [0.05, 0.1) is 38.9 Å². The van der Waals surface area contributed by atoms with E-state index in [1.807, 2.05) is 12.1 Å². The van der Waals surface area contributed by atoms with Crippen LogP contribution >= 0.6 is 0 Å². The molecule has 3 aliphatic rings. The largest absolute Gasteiger partial charge is 0.292 e. The highest BCUT2D eigenvalue weighted by Crippen LogP contribution is 2.56. The van der Waals surface area contributed by atoms with Gasteiger partial charge in [-0.3, -0.25) is 4.57 Å². The number of aromatic nitrogens is 6. The van der Waals surface area contributed by atoms with E-state index in [0.717, 1.165) is 106 Å². The summed E-state index contributed by atoms with van der Waals surface area (Å²) in [6.07, 6.45) is 0. The average Bonchev–Trinajstić information content (AvgIpc) is 1.54. The van der Waals surface area contributed by atoms with Crippen LogP contribution in [0.5, 0.6) is 0 Å². The second-order valence-corrected chi connectivity index (χ2v) is 36.8. The molecule has 2 aliphatic heterocycles. The summed E-state index contributed by atoms with van der Waals surface area (Å²) in [5.74, 6) is 2.37. The van der Waals surface area contributed by atoms with Crippen molar-refractivity contribution in [2.75, 3.05) is 0 Å². The van der Waals surface area contributed by atoms with Crippen molar-refractivity contribution in [1.82, 2.24) is 29.5 Å². The number of rotatable bonds is 9. The van der Waals surface area contributed by atoms with Crippen LogP contribution in [-0.4, -0.2) is 45.6 Å². The molecule has 0 spiro atoms. The van der Waals surface area contributed by atoms with E-state index < -0.39 is 21.6 Å². The van der Waals surface area contributed by atoms with Gasteiger partial charge in [-0.25, -0.2) is 24.9 Å². The molecule has 482 valence electrons. The molecule has 0 atom stereocenters. The summed E-state index contributed by atoms with van der Waals surface area (Å²) in [4.78, 5) is 26.8. The van der Waals surface area contributed by atoms with Crippen LogP contribution in [-0.2, 0) is 5.41 Å². The van der Waals surface area contributed by atoms with Gasteiger partial charge in [0.1, 0.15) is 22.0 Å². The molecule has 17 aromatic rings. The van der Waals surface area contributed by atoms with Gasteiger partial charge in [-0.2, -0.15) is 0 Å². The monoisotopic (exact) mass is 1340 g/mol. The maximum atomic E-state index is 5.52. The van der Waals surface area contributed by atoms with Gasteiger partial charge in [0.15, 0.2) is 11.6 Å². The fourth-order valence-corrected chi connectivity index (χ4v) is 23.8.